The van der Waals surface area contributed by atoms with Crippen LogP contribution in [0, 0.1) is 0 Å². The van der Waals surface area contributed by atoms with E-state index in [4.69, 9.17) is 24.4 Å². The van der Waals surface area contributed by atoms with Gasteiger partial charge in [0.2, 0.25) is 0 Å². The van der Waals surface area contributed by atoms with Gasteiger partial charge in [-0.2, -0.15) is 0 Å². The number of hydrogen-bond donors (Lipinski definition) is 0. The van der Waals surface area contributed by atoms with Gasteiger partial charge in [0.15, 0.2) is 11.6 Å². The van der Waals surface area contributed by atoms with Crippen LogP contribution < -0.4 is 24.8 Å². The molecule has 0 saturated carbocycles. The fourth-order valence-electron chi connectivity index (χ4n) is 5.46. The van der Waals surface area contributed by atoms with Crippen LogP contribution in [-0.2, 0) is 41.1 Å². The second-order valence-electron chi connectivity index (χ2n) is 10.9. The van der Waals surface area contributed by atoms with Gasteiger partial charge >= 0.3 is 18.6 Å². The van der Waals surface area contributed by atoms with Gasteiger partial charge in [0.1, 0.15) is 11.4 Å². The number of halogens is 2. The predicted octanol–water partition coefficient (Wildman–Crippen LogP) is 2.31. The molecular weight excluding hydrogens is 644 g/mol. The first-order valence-electron chi connectivity index (χ1n) is 15.8. The molecule has 0 unspecified atom stereocenters. The molecule has 0 aliphatic heterocycles. The van der Waals surface area contributed by atoms with E-state index in [9.17, 15) is 0 Å². The Morgan fingerprint density at radius 2 is 0.956 bits per heavy atom. The SMILES string of the molecule is CCCCCCOCCn1c(-c2cccc(-c3nc4ccccc4n3CCOCCCCCC)n2)nc2ccccc21.[Cl-].[Cl-].[V+2]. The largest absolute Gasteiger partial charge is 2.00 e. The molecule has 0 saturated heterocycles. The molecule has 3 heterocycles. The Balaban J connectivity index is 0.00000235. The number of ether oxygens (including phenoxy) is 2. The Morgan fingerprint density at radius 3 is 1.40 bits per heavy atom. The second kappa shape index (κ2) is 20.7. The van der Waals surface area contributed by atoms with Crippen molar-refractivity contribution in [1.82, 2.24) is 24.1 Å². The Morgan fingerprint density at radius 1 is 0.511 bits per heavy atom. The third kappa shape index (κ3) is 10.3. The fourth-order valence-corrected chi connectivity index (χ4v) is 5.46. The van der Waals surface area contributed by atoms with E-state index < -0.39 is 0 Å². The maximum atomic E-state index is 6.02. The molecule has 0 atom stereocenters. The molecule has 0 fully saturated rings. The van der Waals surface area contributed by atoms with Crippen molar-refractivity contribution >= 4 is 22.1 Å². The molecule has 0 spiro atoms. The van der Waals surface area contributed by atoms with Crippen LogP contribution >= 0.6 is 0 Å². The fraction of sp³-hybridized carbons (Fsp3) is 0.457. The zero-order chi connectivity index (χ0) is 29.0. The van der Waals surface area contributed by atoms with Crippen LogP contribution in [0.2, 0.25) is 0 Å². The molecule has 1 radical (unpaired) electrons. The molecule has 0 amide bonds. The summed E-state index contributed by atoms with van der Waals surface area (Å²) in [5.41, 5.74) is 5.78. The minimum atomic E-state index is 0. The summed E-state index contributed by atoms with van der Waals surface area (Å²) in [5, 5.41) is 0. The number of hydrogen-bond acceptors (Lipinski definition) is 5. The van der Waals surface area contributed by atoms with E-state index in [0.717, 1.165) is 84.2 Å². The van der Waals surface area contributed by atoms with E-state index in [0.29, 0.717) is 13.2 Å². The van der Waals surface area contributed by atoms with Crippen LogP contribution in [0.1, 0.15) is 65.2 Å². The molecular formula is C35H45Cl2N5O2V. The average Bonchev–Trinajstić information content (AvgIpc) is 3.59. The number of rotatable bonds is 18. The van der Waals surface area contributed by atoms with Gasteiger partial charge in [-0.1, -0.05) is 82.7 Å². The number of imidazole rings is 2. The van der Waals surface area contributed by atoms with Gasteiger partial charge in [-0.3, -0.25) is 0 Å². The minimum Gasteiger partial charge on any atom is -1.00 e. The number of nitrogens with zero attached hydrogens (tertiary/aromatic N) is 5. The summed E-state index contributed by atoms with van der Waals surface area (Å²) < 4.78 is 16.5. The first-order valence-corrected chi connectivity index (χ1v) is 15.8. The van der Waals surface area contributed by atoms with Crippen LogP contribution in [-0.4, -0.2) is 50.5 Å². The first-order chi connectivity index (χ1) is 20.8. The van der Waals surface area contributed by atoms with Crippen LogP contribution in [0.3, 0.4) is 0 Å². The van der Waals surface area contributed by atoms with Crippen LogP contribution in [0.4, 0.5) is 0 Å². The van der Waals surface area contributed by atoms with E-state index in [2.05, 4.69) is 65.4 Å². The molecule has 45 heavy (non-hydrogen) atoms. The number of fused-ring (bicyclic) bond motifs is 2. The van der Waals surface area contributed by atoms with Crippen molar-refractivity contribution in [3.05, 3.63) is 66.7 Å². The van der Waals surface area contributed by atoms with Gasteiger partial charge in [0, 0.05) is 26.3 Å². The normalized spacial score (nSPS) is 10.9. The monoisotopic (exact) mass is 688 g/mol. The van der Waals surface area contributed by atoms with E-state index in [1.165, 1.54) is 38.5 Å². The topological polar surface area (TPSA) is 67.0 Å². The van der Waals surface area contributed by atoms with Crippen molar-refractivity contribution < 1.29 is 52.8 Å². The smallest absolute Gasteiger partial charge is 1.00 e. The van der Waals surface area contributed by atoms with Crippen molar-refractivity contribution in [3.63, 3.8) is 0 Å². The third-order valence-corrected chi connectivity index (χ3v) is 7.72. The summed E-state index contributed by atoms with van der Waals surface area (Å²) in [6.07, 6.45) is 9.67. The average molecular weight is 690 g/mol. The van der Waals surface area contributed by atoms with Crippen LogP contribution in [0.15, 0.2) is 66.7 Å². The molecule has 2 aromatic carbocycles. The van der Waals surface area contributed by atoms with Crippen LogP contribution in [0.25, 0.3) is 45.1 Å². The van der Waals surface area contributed by atoms with Crippen molar-refractivity contribution in [2.75, 3.05) is 26.4 Å². The number of unbranched alkanes of at least 4 members (excludes halogenated alkanes) is 6. The summed E-state index contributed by atoms with van der Waals surface area (Å²) in [5.74, 6) is 1.71. The van der Waals surface area contributed by atoms with Crippen molar-refractivity contribution in [2.24, 2.45) is 0 Å². The molecule has 0 N–H and O–H groups in total. The molecule has 5 aromatic rings. The third-order valence-electron chi connectivity index (χ3n) is 7.72. The van der Waals surface area contributed by atoms with E-state index in [1.807, 2.05) is 24.3 Å². The summed E-state index contributed by atoms with van der Waals surface area (Å²) in [6.45, 7) is 8.81. The molecule has 10 heteroatoms. The minimum absolute atomic E-state index is 0. The Hall–Kier alpha value is -2.39. The molecule has 7 nitrogen and oxygen atoms in total. The molecule has 3 aromatic heterocycles. The zero-order valence-corrected chi connectivity index (χ0v) is 29.4. The molecule has 241 valence electrons. The number of benzene rings is 2. The van der Waals surface area contributed by atoms with E-state index in [-0.39, 0.29) is 43.4 Å². The van der Waals surface area contributed by atoms with Crippen molar-refractivity contribution in [2.45, 2.75) is 78.3 Å². The van der Waals surface area contributed by atoms with Gasteiger partial charge in [-0.05, 0) is 49.2 Å². The Bertz CT molecular complexity index is 1450. The molecule has 5 rings (SSSR count). The maximum absolute atomic E-state index is 6.02. The quantitative estimate of drug-likeness (QED) is 0.132. The van der Waals surface area contributed by atoms with Crippen molar-refractivity contribution in [1.29, 1.82) is 0 Å². The van der Waals surface area contributed by atoms with Gasteiger partial charge in [0.25, 0.3) is 0 Å². The first kappa shape index (κ1) is 38.8. The van der Waals surface area contributed by atoms with Crippen LogP contribution in [0.5, 0.6) is 0 Å². The maximum Gasteiger partial charge on any atom is 2.00 e. The summed E-state index contributed by atoms with van der Waals surface area (Å²) in [7, 11) is 0. The van der Waals surface area contributed by atoms with E-state index in [1.54, 1.807) is 0 Å². The summed E-state index contributed by atoms with van der Waals surface area (Å²) >= 11 is 0. The predicted molar refractivity (Wildman–Crippen MR) is 172 cm³/mol. The summed E-state index contributed by atoms with van der Waals surface area (Å²) in [4.78, 5) is 15.2. The number of pyridine rings is 1. The Kier molecular flexibility index (Phi) is 17.8. The number of para-hydroxylation sites is 4. The number of aromatic nitrogens is 5. The molecule has 0 bridgehead atoms. The zero-order valence-electron chi connectivity index (χ0n) is 26.5. The molecule has 0 aliphatic carbocycles. The summed E-state index contributed by atoms with van der Waals surface area (Å²) in [6, 6.07) is 22.7. The van der Waals surface area contributed by atoms with Gasteiger partial charge in [0.05, 0.1) is 35.3 Å². The van der Waals surface area contributed by atoms with Gasteiger partial charge in [-0.25, -0.2) is 15.0 Å². The van der Waals surface area contributed by atoms with Gasteiger partial charge in [-0.15, -0.1) is 0 Å². The van der Waals surface area contributed by atoms with E-state index >= 15 is 0 Å². The van der Waals surface area contributed by atoms with Crippen molar-refractivity contribution in [3.8, 4) is 23.0 Å². The standard InChI is InChI=1S/C35H45N5O2.2ClH.V/c1-3-5-7-13-24-41-26-22-39-32-20-11-9-16-28(32)37-34(39)30-18-15-19-31(36-30)35-38-29-17-10-12-21-33(29)40(35)23-27-42-25-14-8-6-4-2;;;/h9-12,15-21H,3-8,13-14,22-27H2,1-2H3;2*1H;/q;;;+2/p-2. The second-order valence-corrected chi connectivity index (χ2v) is 10.9. The van der Waals surface area contributed by atoms with Gasteiger partial charge < -0.3 is 43.4 Å². The molecule has 0 aliphatic rings. The Labute approximate surface area is 292 Å².